The summed E-state index contributed by atoms with van der Waals surface area (Å²) in [5.74, 6) is 0.108. The second-order valence-corrected chi connectivity index (χ2v) is 6.42. The average Bonchev–Trinajstić information content (AvgIpc) is 2.80. The minimum absolute atomic E-state index is 0.108. The fourth-order valence-corrected chi connectivity index (χ4v) is 3.32. The monoisotopic (exact) mass is 302 g/mol. The Labute approximate surface area is 129 Å². The highest BCUT2D eigenvalue weighted by atomic mass is 35.5. The van der Waals surface area contributed by atoms with Crippen molar-refractivity contribution in [3.8, 4) is 0 Å². The number of hydrogen-bond acceptors (Lipinski definition) is 2. The third-order valence-corrected chi connectivity index (χ3v) is 4.70. The number of nitrogens with zero attached hydrogens (tertiary/aromatic N) is 2. The molecule has 0 aliphatic heterocycles. The van der Waals surface area contributed by atoms with E-state index in [9.17, 15) is 4.79 Å². The third-order valence-electron chi connectivity index (χ3n) is 4.42. The predicted molar refractivity (Wildman–Crippen MR) is 83.9 cm³/mol. The molecule has 1 saturated carbocycles. The van der Waals surface area contributed by atoms with Gasteiger partial charge in [-0.05, 0) is 32.3 Å². The molecule has 0 amide bonds. The van der Waals surface area contributed by atoms with Crippen molar-refractivity contribution in [3.63, 3.8) is 0 Å². The Hall–Kier alpha value is -1.61. The summed E-state index contributed by atoms with van der Waals surface area (Å²) in [7, 11) is 0. The summed E-state index contributed by atoms with van der Waals surface area (Å²) < 4.78 is 1.74. The van der Waals surface area contributed by atoms with E-state index in [0.29, 0.717) is 10.7 Å². The van der Waals surface area contributed by atoms with E-state index in [4.69, 9.17) is 11.6 Å². The van der Waals surface area contributed by atoms with Crippen LogP contribution in [0.5, 0.6) is 0 Å². The first-order chi connectivity index (χ1) is 10.1. The summed E-state index contributed by atoms with van der Waals surface area (Å²) in [4.78, 5) is 13.2. The number of ketones is 1. The van der Waals surface area contributed by atoms with Crippen molar-refractivity contribution >= 4 is 17.4 Å². The van der Waals surface area contributed by atoms with E-state index in [1.165, 1.54) is 0 Å². The number of halogens is 1. The van der Waals surface area contributed by atoms with Crippen LogP contribution >= 0.6 is 11.6 Å². The summed E-state index contributed by atoms with van der Waals surface area (Å²) in [6, 6.07) is 10.2. The molecule has 0 unspecified atom stereocenters. The molecule has 0 bridgehead atoms. The van der Waals surface area contributed by atoms with Gasteiger partial charge in [-0.3, -0.25) is 9.48 Å². The molecule has 1 aromatic heterocycles. The summed E-state index contributed by atoms with van der Waals surface area (Å²) in [5, 5.41) is 4.72. The molecule has 21 heavy (non-hydrogen) atoms. The van der Waals surface area contributed by atoms with Crippen LogP contribution in [-0.4, -0.2) is 15.6 Å². The van der Waals surface area contributed by atoms with Gasteiger partial charge in [-0.2, -0.15) is 5.10 Å². The average molecular weight is 303 g/mol. The lowest BCUT2D eigenvalue weighted by Crippen LogP contribution is -2.43. The van der Waals surface area contributed by atoms with Crippen LogP contribution in [0.2, 0.25) is 5.02 Å². The van der Waals surface area contributed by atoms with Gasteiger partial charge in [0.2, 0.25) is 0 Å². The minimum atomic E-state index is -0.419. The fraction of sp³-hybridized carbons (Fsp3) is 0.412. The Morgan fingerprint density at radius 1 is 1.29 bits per heavy atom. The van der Waals surface area contributed by atoms with Crippen LogP contribution in [0, 0.1) is 0 Å². The SMILES string of the molecule is CC(C)n1ncc(Cl)c1C(=O)C1(c2ccccc2)CCC1. The van der Waals surface area contributed by atoms with Gasteiger partial charge in [0, 0.05) is 6.04 Å². The summed E-state index contributed by atoms with van der Waals surface area (Å²) in [5.41, 5.74) is 1.22. The second-order valence-electron chi connectivity index (χ2n) is 6.01. The standard InChI is InChI=1S/C17H19ClN2O/c1-12(2)20-15(14(18)11-19-20)16(21)17(9-6-10-17)13-7-4-3-5-8-13/h3-5,7-8,11-12H,6,9-10H2,1-2H3. The minimum Gasteiger partial charge on any atom is -0.291 e. The zero-order valence-corrected chi connectivity index (χ0v) is 13.1. The van der Waals surface area contributed by atoms with Crippen LogP contribution in [0.3, 0.4) is 0 Å². The van der Waals surface area contributed by atoms with E-state index in [2.05, 4.69) is 5.10 Å². The van der Waals surface area contributed by atoms with Crippen molar-refractivity contribution in [2.24, 2.45) is 0 Å². The van der Waals surface area contributed by atoms with Crippen LogP contribution in [0.1, 0.15) is 55.2 Å². The van der Waals surface area contributed by atoms with E-state index in [0.717, 1.165) is 24.8 Å². The van der Waals surface area contributed by atoms with Gasteiger partial charge in [0.15, 0.2) is 5.78 Å². The first-order valence-corrected chi connectivity index (χ1v) is 7.77. The summed E-state index contributed by atoms with van der Waals surface area (Å²) >= 11 is 6.25. The van der Waals surface area contributed by atoms with Gasteiger partial charge in [-0.15, -0.1) is 0 Å². The van der Waals surface area contributed by atoms with Crippen LogP contribution in [0.25, 0.3) is 0 Å². The zero-order chi connectivity index (χ0) is 15.0. The van der Waals surface area contributed by atoms with Crippen molar-refractivity contribution in [2.75, 3.05) is 0 Å². The summed E-state index contributed by atoms with van der Waals surface area (Å²) in [6.07, 6.45) is 4.42. The fourth-order valence-electron chi connectivity index (χ4n) is 3.11. The first kappa shape index (κ1) is 14.3. The Balaban J connectivity index is 2.07. The van der Waals surface area contributed by atoms with Gasteiger partial charge in [-0.1, -0.05) is 48.4 Å². The van der Waals surface area contributed by atoms with E-state index >= 15 is 0 Å². The number of Topliss-reactive ketones (excluding diaryl/α,β-unsaturated/α-hetero) is 1. The van der Waals surface area contributed by atoms with Crippen LogP contribution < -0.4 is 0 Å². The molecule has 1 fully saturated rings. The van der Waals surface area contributed by atoms with Crippen molar-refractivity contribution in [2.45, 2.75) is 44.6 Å². The van der Waals surface area contributed by atoms with E-state index < -0.39 is 5.41 Å². The van der Waals surface area contributed by atoms with Gasteiger partial charge in [-0.25, -0.2) is 0 Å². The van der Waals surface area contributed by atoms with E-state index in [1.54, 1.807) is 10.9 Å². The third kappa shape index (κ3) is 2.20. The lowest BCUT2D eigenvalue weighted by atomic mass is 9.61. The highest BCUT2D eigenvalue weighted by molar-refractivity contribution is 6.34. The largest absolute Gasteiger partial charge is 0.291 e. The van der Waals surface area contributed by atoms with Crippen molar-refractivity contribution in [1.82, 2.24) is 9.78 Å². The lowest BCUT2D eigenvalue weighted by molar-refractivity contribution is 0.0775. The molecule has 3 nitrogen and oxygen atoms in total. The molecule has 2 aromatic rings. The Bertz CT molecular complexity index is 657. The molecule has 3 rings (SSSR count). The molecule has 1 aromatic carbocycles. The number of carbonyl (C=O) groups excluding carboxylic acids is 1. The lowest BCUT2D eigenvalue weighted by Gasteiger charge is -2.41. The molecule has 0 saturated heterocycles. The Morgan fingerprint density at radius 3 is 2.48 bits per heavy atom. The molecule has 1 aliphatic rings. The molecule has 0 spiro atoms. The van der Waals surface area contributed by atoms with Crippen molar-refractivity contribution < 1.29 is 4.79 Å². The van der Waals surface area contributed by atoms with Crippen molar-refractivity contribution in [1.29, 1.82) is 0 Å². The highest BCUT2D eigenvalue weighted by Crippen LogP contribution is 2.47. The maximum atomic E-state index is 13.2. The van der Waals surface area contributed by atoms with Crippen LogP contribution in [0.15, 0.2) is 36.5 Å². The van der Waals surface area contributed by atoms with E-state index in [-0.39, 0.29) is 11.8 Å². The smallest absolute Gasteiger partial charge is 0.192 e. The Kier molecular flexibility index (Phi) is 3.62. The summed E-state index contributed by atoms with van der Waals surface area (Å²) in [6.45, 7) is 4.02. The molecular formula is C17H19ClN2O. The maximum Gasteiger partial charge on any atom is 0.192 e. The number of carbonyl (C=O) groups is 1. The van der Waals surface area contributed by atoms with Crippen molar-refractivity contribution in [3.05, 3.63) is 52.8 Å². The first-order valence-electron chi connectivity index (χ1n) is 7.39. The molecule has 0 N–H and O–H groups in total. The second kappa shape index (κ2) is 5.30. The van der Waals surface area contributed by atoms with Gasteiger partial charge >= 0.3 is 0 Å². The predicted octanol–water partition coefficient (Wildman–Crippen LogP) is 4.42. The highest BCUT2D eigenvalue weighted by Gasteiger charge is 2.47. The normalized spacial score (nSPS) is 16.8. The molecule has 0 atom stereocenters. The molecule has 1 heterocycles. The van der Waals surface area contributed by atoms with Gasteiger partial charge in [0.05, 0.1) is 16.6 Å². The number of benzene rings is 1. The molecule has 4 heteroatoms. The zero-order valence-electron chi connectivity index (χ0n) is 12.3. The number of rotatable bonds is 4. The Morgan fingerprint density at radius 2 is 1.95 bits per heavy atom. The molecular weight excluding hydrogens is 284 g/mol. The topological polar surface area (TPSA) is 34.9 Å². The van der Waals surface area contributed by atoms with Crippen LogP contribution in [-0.2, 0) is 5.41 Å². The van der Waals surface area contributed by atoms with Gasteiger partial charge in [0.1, 0.15) is 5.69 Å². The quantitative estimate of drug-likeness (QED) is 0.784. The van der Waals surface area contributed by atoms with E-state index in [1.807, 2.05) is 44.2 Å². The van der Waals surface area contributed by atoms with Crippen LogP contribution in [0.4, 0.5) is 0 Å². The molecule has 1 aliphatic carbocycles. The maximum absolute atomic E-state index is 13.2. The number of hydrogen-bond donors (Lipinski definition) is 0. The molecule has 110 valence electrons. The number of aromatic nitrogens is 2. The van der Waals surface area contributed by atoms with Gasteiger partial charge < -0.3 is 0 Å². The molecule has 0 radical (unpaired) electrons. The van der Waals surface area contributed by atoms with Gasteiger partial charge in [0.25, 0.3) is 0 Å².